The van der Waals surface area contributed by atoms with Crippen LogP contribution in [-0.2, 0) is 6.54 Å². The summed E-state index contributed by atoms with van der Waals surface area (Å²) in [6.45, 7) is 5.94. The van der Waals surface area contributed by atoms with E-state index in [1.165, 1.54) is 0 Å². The van der Waals surface area contributed by atoms with Crippen LogP contribution in [0.5, 0.6) is 5.75 Å². The number of likely N-dealkylation sites (N-methyl/N-ethyl adjacent to an activating group) is 1. The van der Waals surface area contributed by atoms with E-state index in [0.717, 1.165) is 48.2 Å². The van der Waals surface area contributed by atoms with Crippen molar-refractivity contribution in [3.63, 3.8) is 0 Å². The van der Waals surface area contributed by atoms with Gasteiger partial charge in [0.2, 0.25) is 0 Å². The highest BCUT2D eigenvalue weighted by atomic mass is 32.1. The number of aromatic nitrogens is 1. The van der Waals surface area contributed by atoms with Crippen molar-refractivity contribution in [2.24, 2.45) is 0 Å². The molecular formula is C25H29N5O3S2. The monoisotopic (exact) mass is 511 g/mol. The van der Waals surface area contributed by atoms with Gasteiger partial charge in [-0.25, -0.2) is 4.98 Å². The molecule has 0 unspecified atom stereocenters. The van der Waals surface area contributed by atoms with Crippen molar-refractivity contribution in [3.05, 3.63) is 70.9 Å². The van der Waals surface area contributed by atoms with Crippen LogP contribution in [0.25, 0.3) is 10.4 Å². The Kier molecular flexibility index (Phi) is 8.78. The standard InChI is InChI=1S/C25H29N5O3S2/c1-29-11-13-30(14-12-29)17-23-27-16-22(35-23)18-2-4-19(5-3-18)24(31)26-10-15-33-21-8-6-20(7-9-21)25(34)28-32/h2-9,16,32H,10-15,17H2,1H3,(H,26,31)(H,28,34). The predicted molar refractivity (Wildman–Crippen MR) is 141 cm³/mol. The number of amides is 1. The molecule has 0 saturated carbocycles. The number of benzene rings is 2. The van der Waals surface area contributed by atoms with Crippen LogP contribution in [0.15, 0.2) is 54.7 Å². The van der Waals surface area contributed by atoms with E-state index in [2.05, 4.69) is 27.1 Å². The van der Waals surface area contributed by atoms with Crippen LogP contribution in [-0.4, -0.2) is 77.3 Å². The lowest BCUT2D eigenvalue weighted by molar-refractivity contribution is 0.0947. The summed E-state index contributed by atoms with van der Waals surface area (Å²) in [4.78, 5) is 23.2. The minimum atomic E-state index is -0.144. The van der Waals surface area contributed by atoms with Crippen LogP contribution in [0.3, 0.4) is 0 Å². The van der Waals surface area contributed by atoms with Gasteiger partial charge in [0, 0.05) is 43.5 Å². The summed E-state index contributed by atoms with van der Waals surface area (Å²) in [6, 6.07) is 14.6. The zero-order chi connectivity index (χ0) is 24.6. The third kappa shape index (κ3) is 7.06. The van der Waals surface area contributed by atoms with E-state index in [1.807, 2.05) is 35.9 Å². The van der Waals surface area contributed by atoms with E-state index in [1.54, 1.807) is 35.6 Å². The zero-order valence-electron chi connectivity index (χ0n) is 19.6. The third-order valence-electron chi connectivity index (χ3n) is 5.81. The number of hydrogen-bond donors (Lipinski definition) is 3. The quantitative estimate of drug-likeness (QED) is 0.230. The van der Waals surface area contributed by atoms with E-state index in [9.17, 15) is 4.79 Å². The second-order valence-electron chi connectivity index (χ2n) is 8.34. The Balaban J connectivity index is 1.22. The SMILES string of the molecule is CN1CCN(Cc2ncc(-c3ccc(C(=O)NCCOc4ccc(C(=S)NO)cc4)cc3)s2)CC1. The molecule has 184 valence electrons. The van der Waals surface area contributed by atoms with Crippen LogP contribution < -0.4 is 15.5 Å². The van der Waals surface area contributed by atoms with Gasteiger partial charge in [0.1, 0.15) is 22.4 Å². The van der Waals surface area contributed by atoms with Crippen molar-refractivity contribution in [1.82, 2.24) is 25.6 Å². The van der Waals surface area contributed by atoms with Gasteiger partial charge in [0.15, 0.2) is 0 Å². The first-order valence-electron chi connectivity index (χ1n) is 11.4. The molecule has 3 aromatic rings. The van der Waals surface area contributed by atoms with E-state index < -0.39 is 0 Å². The van der Waals surface area contributed by atoms with Crippen LogP contribution in [0, 0.1) is 0 Å². The van der Waals surface area contributed by atoms with Crippen molar-refractivity contribution >= 4 is 34.5 Å². The van der Waals surface area contributed by atoms with Crippen molar-refractivity contribution in [2.45, 2.75) is 6.54 Å². The summed E-state index contributed by atoms with van der Waals surface area (Å²) in [6.07, 6.45) is 1.92. The van der Waals surface area contributed by atoms with Gasteiger partial charge < -0.3 is 15.0 Å². The Labute approximate surface area is 214 Å². The molecule has 0 aliphatic carbocycles. The smallest absolute Gasteiger partial charge is 0.251 e. The fourth-order valence-corrected chi connectivity index (χ4v) is 4.80. The van der Waals surface area contributed by atoms with E-state index in [4.69, 9.17) is 22.2 Å². The van der Waals surface area contributed by atoms with E-state index in [-0.39, 0.29) is 10.9 Å². The number of nitrogens with zero attached hydrogens (tertiary/aromatic N) is 3. The average molecular weight is 512 g/mol. The second-order valence-corrected chi connectivity index (χ2v) is 9.87. The number of thiocarbonyl (C=S) groups is 1. The maximum absolute atomic E-state index is 12.5. The second kappa shape index (κ2) is 12.2. The number of carbonyl (C=O) groups excluding carboxylic acids is 1. The molecule has 1 aromatic heterocycles. The number of piperazine rings is 1. The van der Waals surface area contributed by atoms with Gasteiger partial charge >= 0.3 is 0 Å². The largest absolute Gasteiger partial charge is 0.492 e. The molecule has 1 aliphatic heterocycles. The number of rotatable bonds is 9. The summed E-state index contributed by atoms with van der Waals surface area (Å²) in [5.41, 5.74) is 4.30. The summed E-state index contributed by atoms with van der Waals surface area (Å²) in [5, 5.41) is 12.8. The summed E-state index contributed by atoms with van der Waals surface area (Å²) in [7, 11) is 2.16. The van der Waals surface area contributed by atoms with Crippen LogP contribution >= 0.6 is 23.6 Å². The Morgan fingerprint density at radius 3 is 2.46 bits per heavy atom. The molecular weight excluding hydrogens is 482 g/mol. The van der Waals surface area contributed by atoms with Crippen molar-refractivity contribution in [2.75, 3.05) is 46.4 Å². The number of thiazole rings is 1. The Bertz CT molecular complexity index is 1130. The number of carbonyl (C=O) groups is 1. The number of hydrogen-bond acceptors (Lipinski definition) is 8. The zero-order valence-corrected chi connectivity index (χ0v) is 21.2. The van der Waals surface area contributed by atoms with E-state index in [0.29, 0.717) is 30.0 Å². The minimum Gasteiger partial charge on any atom is -0.492 e. The van der Waals surface area contributed by atoms with E-state index >= 15 is 0 Å². The average Bonchev–Trinajstić information content (AvgIpc) is 3.36. The Morgan fingerprint density at radius 1 is 1.09 bits per heavy atom. The van der Waals surface area contributed by atoms with Gasteiger partial charge in [-0.2, -0.15) is 0 Å². The first kappa shape index (κ1) is 25.2. The molecule has 0 bridgehead atoms. The summed E-state index contributed by atoms with van der Waals surface area (Å²) in [5.74, 6) is 0.513. The highest BCUT2D eigenvalue weighted by Gasteiger charge is 2.16. The Morgan fingerprint density at radius 2 is 1.77 bits per heavy atom. The molecule has 1 fully saturated rings. The maximum atomic E-state index is 12.5. The van der Waals surface area contributed by atoms with Gasteiger partial charge in [0.25, 0.3) is 5.91 Å². The third-order valence-corrected chi connectivity index (χ3v) is 7.17. The summed E-state index contributed by atoms with van der Waals surface area (Å²) >= 11 is 6.67. The summed E-state index contributed by atoms with van der Waals surface area (Å²) < 4.78 is 5.65. The fourth-order valence-electron chi connectivity index (χ4n) is 3.70. The number of hydroxylamine groups is 1. The minimum absolute atomic E-state index is 0.144. The lowest BCUT2D eigenvalue weighted by Gasteiger charge is -2.31. The molecule has 0 atom stereocenters. The molecule has 2 aromatic carbocycles. The first-order chi connectivity index (χ1) is 17.0. The highest BCUT2D eigenvalue weighted by Crippen LogP contribution is 2.27. The maximum Gasteiger partial charge on any atom is 0.251 e. The number of ether oxygens (including phenoxy) is 1. The Hall–Kier alpha value is -2.89. The molecule has 0 radical (unpaired) electrons. The fraction of sp³-hybridized carbons (Fsp3) is 0.320. The molecule has 35 heavy (non-hydrogen) atoms. The van der Waals surface area contributed by atoms with Crippen LogP contribution in [0.1, 0.15) is 20.9 Å². The molecule has 3 N–H and O–H groups in total. The molecule has 8 nitrogen and oxygen atoms in total. The van der Waals surface area contributed by atoms with Crippen molar-refractivity contribution in [1.29, 1.82) is 0 Å². The number of nitrogens with one attached hydrogen (secondary N) is 2. The van der Waals surface area contributed by atoms with Gasteiger partial charge in [-0.15, -0.1) is 11.3 Å². The molecule has 1 saturated heterocycles. The first-order valence-corrected chi connectivity index (χ1v) is 12.7. The highest BCUT2D eigenvalue weighted by molar-refractivity contribution is 7.80. The topological polar surface area (TPSA) is 90.0 Å². The van der Waals surface area contributed by atoms with Gasteiger partial charge in [0.05, 0.1) is 18.0 Å². The van der Waals surface area contributed by atoms with Crippen molar-refractivity contribution in [3.8, 4) is 16.2 Å². The normalized spacial score (nSPS) is 14.5. The lowest BCUT2D eigenvalue weighted by atomic mass is 10.1. The van der Waals surface area contributed by atoms with Gasteiger partial charge in [-0.3, -0.25) is 20.4 Å². The molecule has 10 heteroatoms. The van der Waals surface area contributed by atoms with Gasteiger partial charge in [-0.05, 0) is 49.0 Å². The lowest BCUT2D eigenvalue weighted by Crippen LogP contribution is -2.43. The molecule has 1 aliphatic rings. The van der Waals surface area contributed by atoms with Crippen LogP contribution in [0.2, 0.25) is 0 Å². The van der Waals surface area contributed by atoms with Gasteiger partial charge in [-0.1, -0.05) is 24.4 Å². The van der Waals surface area contributed by atoms with Crippen molar-refractivity contribution < 1.29 is 14.7 Å². The molecule has 1 amide bonds. The van der Waals surface area contributed by atoms with Crippen LogP contribution in [0.4, 0.5) is 0 Å². The molecule has 2 heterocycles. The predicted octanol–water partition coefficient (Wildman–Crippen LogP) is 3.02. The molecule has 0 spiro atoms. The molecule has 4 rings (SSSR count).